The lowest BCUT2D eigenvalue weighted by molar-refractivity contribution is 0.434. The van der Waals surface area contributed by atoms with Gasteiger partial charge in [0.2, 0.25) is 5.88 Å². The maximum atomic E-state index is 10.4. The first-order valence-electron chi connectivity index (χ1n) is 7.39. The molecule has 0 atom stereocenters. The van der Waals surface area contributed by atoms with Gasteiger partial charge in [0.25, 0.3) is 0 Å². The highest BCUT2D eigenvalue weighted by Gasteiger charge is 2.15. The van der Waals surface area contributed by atoms with E-state index in [1.165, 1.54) is 10.2 Å². The molecule has 0 fully saturated rings. The van der Waals surface area contributed by atoms with Crippen LogP contribution in [0.2, 0.25) is 0 Å². The minimum Gasteiger partial charge on any atom is -0.492 e. The summed E-state index contributed by atoms with van der Waals surface area (Å²) in [5.74, 6) is -0.0118. The Morgan fingerprint density at radius 2 is 1.70 bits per heavy atom. The predicted molar refractivity (Wildman–Crippen MR) is 90.1 cm³/mol. The molecule has 23 heavy (non-hydrogen) atoms. The molecule has 5 nitrogen and oxygen atoms in total. The van der Waals surface area contributed by atoms with E-state index in [2.05, 4.69) is 21.4 Å². The topological polar surface area (TPSA) is 62.8 Å². The molecule has 0 bridgehead atoms. The zero-order valence-corrected chi connectivity index (χ0v) is 13.4. The third kappa shape index (κ3) is 2.99. The van der Waals surface area contributed by atoms with Crippen molar-refractivity contribution in [3.8, 4) is 11.6 Å². The number of aromatic hydroxyl groups is 1. The van der Waals surface area contributed by atoms with Crippen LogP contribution in [-0.2, 0) is 0 Å². The first-order valence-corrected chi connectivity index (χ1v) is 7.39. The highest BCUT2D eigenvalue weighted by atomic mass is 16.3. The predicted octanol–water partition coefficient (Wildman–Crippen LogP) is 4.92. The van der Waals surface area contributed by atoms with Crippen molar-refractivity contribution in [2.45, 2.75) is 20.8 Å². The van der Waals surface area contributed by atoms with Gasteiger partial charge in [0.15, 0.2) is 5.69 Å². The fourth-order valence-electron chi connectivity index (χ4n) is 2.39. The number of para-hydroxylation sites is 1. The molecule has 1 heterocycles. The molecule has 2 aromatic carbocycles. The third-order valence-corrected chi connectivity index (χ3v) is 3.62. The first-order chi connectivity index (χ1) is 11.1. The van der Waals surface area contributed by atoms with E-state index >= 15 is 0 Å². The molecule has 5 heteroatoms. The molecule has 0 aliphatic heterocycles. The van der Waals surface area contributed by atoms with Gasteiger partial charge in [0.05, 0.1) is 17.1 Å². The van der Waals surface area contributed by atoms with Gasteiger partial charge in [-0.1, -0.05) is 35.9 Å². The van der Waals surface area contributed by atoms with Crippen LogP contribution in [0.5, 0.6) is 5.88 Å². The van der Waals surface area contributed by atoms with Crippen molar-refractivity contribution in [2.24, 2.45) is 10.2 Å². The number of aryl methyl sites for hydroxylation is 3. The molecule has 0 saturated heterocycles. The quantitative estimate of drug-likeness (QED) is 0.698. The summed E-state index contributed by atoms with van der Waals surface area (Å²) in [6.07, 6.45) is 0. The van der Waals surface area contributed by atoms with Crippen molar-refractivity contribution in [3.63, 3.8) is 0 Å². The Morgan fingerprint density at radius 3 is 2.39 bits per heavy atom. The molecule has 0 saturated carbocycles. The maximum absolute atomic E-state index is 10.4. The Hall–Kier alpha value is -2.95. The molecular weight excluding hydrogens is 288 g/mol. The number of hydrogen-bond acceptors (Lipinski definition) is 4. The first kappa shape index (κ1) is 15.0. The lowest BCUT2D eigenvalue weighted by Gasteiger charge is -2.02. The Balaban J connectivity index is 1.98. The van der Waals surface area contributed by atoms with E-state index in [4.69, 9.17) is 0 Å². The second kappa shape index (κ2) is 6.04. The van der Waals surface area contributed by atoms with Gasteiger partial charge in [0.1, 0.15) is 0 Å². The summed E-state index contributed by atoms with van der Waals surface area (Å²) in [6, 6.07) is 15.4. The highest BCUT2D eigenvalue weighted by molar-refractivity contribution is 5.55. The number of azo groups is 1. The van der Waals surface area contributed by atoms with Crippen molar-refractivity contribution >= 4 is 11.4 Å². The van der Waals surface area contributed by atoms with E-state index in [1.807, 2.05) is 56.3 Å². The van der Waals surface area contributed by atoms with Crippen LogP contribution in [0.3, 0.4) is 0 Å². The molecule has 0 spiro atoms. The molecule has 0 aliphatic rings. The smallest absolute Gasteiger partial charge is 0.243 e. The van der Waals surface area contributed by atoms with Crippen LogP contribution in [0.25, 0.3) is 5.69 Å². The molecule has 1 N–H and O–H groups in total. The van der Waals surface area contributed by atoms with Crippen molar-refractivity contribution < 1.29 is 5.11 Å². The summed E-state index contributed by atoms with van der Waals surface area (Å²) in [5, 5.41) is 23.2. The van der Waals surface area contributed by atoms with Crippen LogP contribution in [-0.4, -0.2) is 14.9 Å². The summed E-state index contributed by atoms with van der Waals surface area (Å²) in [6.45, 7) is 5.82. The average molecular weight is 306 g/mol. The third-order valence-electron chi connectivity index (χ3n) is 3.62. The Kier molecular flexibility index (Phi) is 3.93. The van der Waals surface area contributed by atoms with Gasteiger partial charge in [-0.15, -0.1) is 5.11 Å². The molecule has 0 amide bonds. The van der Waals surface area contributed by atoms with Crippen LogP contribution < -0.4 is 0 Å². The Labute approximate surface area is 134 Å². The number of aromatic nitrogens is 2. The number of rotatable bonds is 3. The summed E-state index contributed by atoms with van der Waals surface area (Å²) in [5.41, 5.74) is 4.79. The molecule has 3 rings (SSSR count). The zero-order valence-electron chi connectivity index (χ0n) is 13.4. The minimum atomic E-state index is -0.0118. The molecule has 116 valence electrons. The SMILES string of the molecule is Cc1ccc(/N=N/c2c(C)nn(-c3ccccc3)c2O)c(C)c1. The van der Waals surface area contributed by atoms with Crippen LogP contribution in [0.1, 0.15) is 16.8 Å². The van der Waals surface area contributed by atoms with Gasteiger partial charge in [-0.2, -0.15) is 14.9 Å². The summed E-state index contributed by atoms with van der Waals surface area (Å²) >= 11 is 0. The Morgan fingerprint density at radius 1 is 0.957 bits per heavy atom. The maximum Gasteiger partial charge on any atom is 0.243 e. The van der Waals surface area contributed by atoms with Gasteiger partial charge in [-0.3, -0.25) is 0 Å². The minimum absolute atomic E-state index is 0.0118. The van der Waals surface area contributed by atoms with Crippen molar-refractivity contribution in [2.75, 3.05) is 0 Å². The highest BCUT2D eigenvalue weighted by Crippen LogP contribution is 2.34. The second-order valence-electron chi connectivity index (χ2n) is 5.49. The van der Waals surface area contributed by atoms with E-state index in [-0.39, 0.29) is 5.88 Å². The monoisotopic (exact) mass is 306 g/mol. The fraction of sp³-hybridized carbons (Fsp3) is 0.167. The Bertz CT molecular complexity index is 866. The number of benzene rings is 2. The summed E-state index contributed by atoms with van der Waals surface area (Å²) in [7, 11) is 0. The molecule has 0 unspecified atom stereocenters. The van der Waals surface area contributed by atoms with Crippen LogP contribution in [0.4, 0.5) is 11.4 Å². The number of nitrogens with zero attached hydrogens (tertiary/aromatic N) is 4. The molecule has 3 aromatic rings. The number of hydrogen-bond donors (Lipinski definition) is 1. The largest absolute Gasteiger partial charge is 0.492 e. The van der Waals surface area contributed by atoms with Gasteiger partial charge in [-0.25, -0.2) is 0 Å². The van der Waals surface area contributed by atoms with Gasteiger partial charge in [0, 0.05) is 0 Å². The van der Waals surface area contributed by atoms with E-state index < -0.39 is 0 Å². The summed E-state index contributed by atoms with van der Waals surface area (Å²) < 4.78 is 1.46. The second-order valence-corrected chi connectivity index (χ2v) is 5.49. The van der Waals surface area contributed by atoms with Crippen molar-refractivity contribution in [1.82, 2.24) is 9.78 Å². The van der Waals surface area contributed by atoms with E-state index in [0.29, 0.717) is 11.4 Å². The molecule has 0 radical (unpaired) electrons. The summed E-state index contributed by atoms with van der Waals surface area (Å²) in [4.78, 5) is 0. The van der Waals surface area contributed by atoms with E-state index in [1.54, 1.807) is 6.92 Å². The molecular formula is C18H18N4O. The lowest BCUT2D eigenvalue weighted by Crippen LogP contribution is -1.94. The normalized spacial score (nSPS) is 11.3. The van der Waals surface area contributed by atoms with Gasteiger partial charge in [-0.05, 0) is 44.5 Å². The van der Waals surface area contributed by atoms with Crippen molar-refractivity contribution in [3.05, 3.63) is 65.4 Å². The standard InChI is InChI=1S/C18H18N4O/c1-12-9-10-16(13(2)11-12)19-20-17-14(3)21-22(18(17)23)15-7-5-4-6-8-15/h4-11,23H,1-3H3/b20-19+. The van der Waals surface area contributed by atoms with Gasteiger partial charge >= 0.3 is 0 Å². The van der Waals surface area contributed by atoms with E-state index in [0.717, 1.165) is 16.9 Å². The fourth-order valence-corrected chi connectivity index (χ4v) is 2.39. The molecule has 1 aromatic heterocycles. The van der Waals surface area contributed by atoms with Crippen molar-refractivity contribution in [1.29, 1.82) is 0 Å². The van der Waals surface area contributed by atoms with Gasteiger partial charge < -0.3 is 5.11 Å². The molecule has 0 aliphatic carbocycles. The average Bonchev–Trinajstić information content (AvgIpc) is 2.82. The van der Waals surface area contributed by atoms with E-state index in [9.17, 15) is 5.11 Å². The zero-order chi connectivity index (χ0) is 16.4. The lowest BCUT2D eigenvalue weighted by atomic mass is 10.1. The van der Waals surface area contributed by atoms with Crippen LogP contribution in [0.15, 0.2) is 58.8 Å². The van der Waals surface area contributed by atoms with Crippen LogP contribution >= 0.6 is 0 Å². The van der Waals surface area contributed by atoms with Crippen LogP contribution in [0, 0.1) is 20.8 Å².